The molecule has 1 aliphatic rings. The third-order valence-electron chi connectivity index (χ3n) is 9.65. The molecule has 52 heavy (non-hydrogen) atoms. The normalized spacial score (nSPS) is 16.5. The number of hydrogen-bond acceptors (Lipinski definition) is 7. The first kappa shape index (κ1) is 36.2. The van der Waals surface area contributed by atoms with Crippen LogP contribution in [-0.2, 0) is 24.8 Å². The van der Waals surface area contributed by atoms with Gasteiger partial charge in [0, 0.05) is 61.0 Å². The number of amides is 3. The summed E-state index contributed by atoms with van der Waals surface area (Å²) in [4.78, 5) is 43.8. The fraction of sp³-hybridized carbons (Fsp3) is 0.293. The fourth-order valence-electron chi connectivity index (χ4n) is 6.71. The number of hydrogen-bond donors (Lipinski definition) is 4. The fourth-order valence-corrected chi connectivity index (χ4v) is 6.71. The van der Waals surface area contributed by atoms with E-state index in [1.165, 1.54) is 0 Å². The number of nitrogens with two attached hydrogens (primary N) is 1. The number of aromatic nitrogens is 1. The molecule has 5 N–H and O–H groups in total. The van der Waals surface area contributed by atoms with Crippen LogP contribution in [-0.4, -0.2) is 76.1 Å². The minimum absolute atomic E-state index is 0.0647. The lowest BCUT2D eigenvalue weighted by atomic mass is 9.99. The number of benzene rings is 4. The molecule has 1 aliphatic heterocycles. The summed E-state index contributed by atoms with van der Waals surface area (Å²) in [6, 6.07) is 27.3. The predicted molar refractivity (Wildman–Crippen MR) is 204 cm³/mol. The molecule has 270 valence electrons. The van der Waals surface area contributed by atoms with Gasteiger partial charge in [-0.15, -0.1) is 0 Å². The lowest BCUT2D eigenvalue weighted by molar-refractivity contribution is -0.115. The number of carbonyl (C=O) groups is 3. The van der Waals surface area contributed by atoms with E-state index in [1.807, 2.05) is 87.2 Å². The molecule has 0 aliphatic carbocycles. The van der Waals surface area contributed by atoms with Gasteiger partial charge >= 0.3 is 0 Å². The Bertz CT molecular complexity index is 2080. The SMILES string of the molecule is C[C@@H]1CN([C@@H](C)CO)C(=O)c2cc(NC(=O)Cc3cn(C)c4ccccc34)ccc2O[C@H]1CN(C)Cc1ccc(C(=O)Nc2ccccc2N)cc1. The summed E-state index contributed by atoms with van der Waals surface area (Å²) < 4.78 is 8.59. The number of ether oxygens (including phenoxy) is 1. The van der Waals surface area contributed by atoms with Crippen LogP contribution in [0.4, 0.5) is 17.1 Å². The Kier molecular flexibility index (Phi) is 10.9. The van der Waals surface area contributed by atoms with Crippen molar-refractivity contribution in [3.8, 4) is 5.75 Å². The Labute approximate surface area is 304 Å². The van der Waals surface area contributed by atoms with E-state index in [0.717, 1.165) is 22.0 Å². The van der Waals surface area contributed by atoms with Crippen molar-refractivity contribution in [1.29, 1.82) is 0 Å². The molecule has 0 radical (unpaired) electrons. The zero-order valence-corrected chi connectivity index (χ0v) is 30.0. The molecule has 0 saturated heterocycles. The quantitative estimate of drug-likeness (QED) is 0.132. The number of nitrogen functional groups attached to an aromatic ring is 1. The molecule has 6 rings (SSSR count). The molecular formula is C41H46N6O5. The van der Waals surface area contributed by atoms with Crippen LogP contribution in [0.25, 0.3) is 10.9 Å². The van der Waals surface area contributed by atoms with Gasteiger partial charge in [0.25, 0.3) is 11.8 Å². The molecule has 0 unspecified atom stereocenters. The number of aliphatic hydroxyl groups is 1. The second kappa shape index (κ2) is 15.7. The molecule has 3 atom stereocenters. The number of fused-ring (bicyclic) bond motifs is 2. The topological polar surface area (TPSA) is 142 Å². The maximum Gasteiger partial charge on any atom is 0.258 e. The summed E-state index contributed by atoms with van der Waals surface area (Å²) in [6.45, 7) is 5.21. The molecule has 11 nitrogen and oxygen atoms in total. The largest absolute Gasteiger partial charge is 0.488 e. The van der Waals surface area contributed by atoms with E-state index in [4.69, 9.17) is 10.5 Å². The number of nitrogens with zero attached hydrogens (tertiary/aromatic N) is 3. The Morgan fingerprint density at radius 3 is 2.50 bits per heavy atom. The standard InChI is InChI=1S/C41H46N6O5/c1-26-21-47(27(2)25-48)41(51)33-20-31(43-39(49)19-30-23-46(4)36-12-8-5-9-32(30)36)17-18-37(33)52-38(26)24-45(3)22-28-13-15-29(16-14-28)40(50)44-35-11-7-6-10-34(35)42/h5-18,20,23,26-27,38,48H,19,21-22,24-25,42H2,1-4H3,(H,43,49)(H,44,50)/t26-,27+,38+/m1/s1. The van der Waals surface area contributed by atoms with Crippen LogP contribution in [0.15, 0.2) is 97.2 Å². The van der Waals surface area contributed by atoms with Gasteiger partial charge in [-0.1, -0.05) is 49.4 Å². The Morgan fingerprint density at radius 1 is 1.02 bits per heavy atom. The second-order valence-corrected chi connectivity index (χ2v) is 13.8. The first-order valence-corrected chi connectivity index (χ1v) is 17.5. The summed E-state index contributed by atoms with van der Waals surface area (Å²) in [5.74, 6) is -0.341. The van der Waals surface area contributed by atoms with Crippen LogP contribution in [0.3, 0.4) is 0 Å². The van der Waals surface area contributed by atoms with E-state index in [2.05, 4.69) is 15.5 Å². The van der Waals surface area contributed by atoms with E-state index in [-0.39, 0.29) is 42.8 Å². The summed E-state index contributed by atoms with van der Waals surface area (Å²) in [6.07, 6.45) is 1.85. The van der Waals surface area contributed by atoms with Crippen molar-refractivity contribution in [3.63, 3.8) is 0 Å². The maximum absolute atomic E-state index is 14.0. The average Bonchev–Trinajstić information content (AvgIpc) is 3.45. The van der Waals surface area contributed by atoms with E-state index < -0.39 is 6.04 Å². The average molecular weight is 703 g/mol. The summed E-state index contributed by atoms with van der Waals surface area (Å²) in [5, 5.41) is 16.9. The molecule has 11 heteroatoms. The highest BCUT2D eigenvalue weighted by atomic mass is 16.5. The van der Waals surface area contributed by atoms with Gasteiger partial charge in [0.05, 0.1) is 36.0 Å². The van der Waals surface area contributed by atoms with Crippen molar-refractivity contribution in [2.24, 2.45) is 13.0 Å². The molecule has 4 aromatic carbocycles. The van der Waals surface area contributed by atoms with Gasteiger partial charge in [0.2, 0.25) is 5.91 Å². The maximum atomic E-state index is 14.0. The lowest BCUT2D eigenvalue weighted by Gasteiger charge is -2.38. The third-order valence-corrected chi connectivity index (χ3v) is 9.65. The van der Waals surface area contributed by atoms with E-state index in [0.29, 0.717) is 53.6 Å². The number of likely N-dealkylation sites (N-methyl/N-ethyl adjacent to an activating group) is 1. The van der Waals surface area contributed by atoms with Crippen LogP contribution in [0.1, 0.15) is 45.7 Å². The summed E-state index contributed by atoms with van der Waals surface area (Å²) in [7, 11) is 3.96. The van der Waals surface area contributed by atoms with Crippen molar-refractivity contribution in [2.45, 2.75) is 39.0 Å². The predicted octanol–water partition coefficient (Wildman–Crippen LogP) is 5.55. The van der Waals surface area contributed by atoms with Crippen LogP contribution < -0.4 is 21.1 Å². The number of aliphatic hydroxyl groups excluding tert-OH is 1. The molecule has 2 heterocycles. The number of anilines is 3. The van der Waals surface area contributed by atoms with Gasteiger partial charge in [-0.3, -0.25) is 19.3 Å². The number of nitrogens with one attached hydrogen (secondary N) is 2. The van der Waals surface area contributed by atoms with Gasteiger partial charge in [-0.2, -0.15) is 0 Å². The molecule has 0 bridgehead atoms. The van der Waals surface area contributed by atoms with E-state index in [9.17, 15) is 19.5 Å². The Balaban J connectivity index is 1.15. The Morgan fingerprint density at radius 2 is 1.75 bits per heavy atom. The second-order valence-electron chi connectivity index (χ2n) is 13.8. The Hall–Kier alpha value is -5.65. The van der Waals surface area contributed by atoms with Gasteiger partial charge in [-0.05, 0) is 73.6 Å². The lowest BCUT2D eigenvalue weighted by Crippen LogP contribution is -2.49. The molecule has 1 aromatic heterocycles. The van der Waals surface area contributed by atoms with Crippen molar-refractivity contribution in [2.75, 3.05) is 43.1 Å². The zero-order chi connectivity index (χ0) is 36.9. The van der Waals surface area contributed by atoms with Gasteiger partial charge in [0.15, 0.2) is 0 Å². The molecule has 0 spiro atoms. The number of para-hydroxylation sites is 3. The van der Waals surface area contributed by atoms with Crippen molar-refractivity contribution >= 4 is 45.7 Å². The van der Waals surface area contributed by atoms with Gasteiger partial charge in [0.1, 0.15) is 11.9 Å². The molecule has 0 fully saturated rings. The van der Waals surface area contributed by atoms with Crippen LogP contribution in [0, 0.1) is 5.92 Å². The highest BCUT2D eigenvalue weighted by Gasteiger charge is 2.33. The molecule has 3 amide bonds. The van der Waals surface area contributed by atoms with Crippen molar-refractivity contribution < 1.29 is 24.2 Å². The highest BCUT2D eigenvalue weighted by molar-refractivity contribution is 6.05. The summed E-state index contributed by atoms with van der Waals surface area (Å²) >= 11 is 0. The van der Waals surface area contributed by atoms with Crippen LogP contribution in [0.5, 0.6) is 5.75 Å². The van der Waals surface area contributed by atoms with E-state index >= 15 is 0 Å². The summed E-state index contributed by atoms with van der Waals surface area (Å²) in [5.41, 5.74) is 11.4. The molecule has 0 saturated carbocycles. The third kappa shape index (κ3) is 8.11. The number of carbonyl (C=O) groups excluding carboxylic acids is 3. The first-order valence-electron chi connectivity index (χ1n) is 17.5. The monoisotopic (exact) mass is 702 g/mol. The minimum Gasteiger partial charge on any atom is -0.488 e. The minimum atomic E-state index is -0.419. The van der Waals surface area contributed by atoms with Gasteiger partial charge in [-0.25, -0.2) is 0 Å². The molecule has 5 aromatic rings. The first-order chi connectivity index (χ1) is 25.0. The molecular weight excluding hydrogens is 656 g/mol. The van der Waals surface area contributed by atoms with Crippen LogP contribution >= 0.6 is 0 Å². The number of rotatable bonds is 11. The number of aryl methyl sites for hydroxylation is 1. The smallest absolute Gasteiger partial charge is 0.258 e. The van der Waals surface area contributed by atoms with Crippen molar-refractivity contribution in [1.82, 2.24) is 14.4 Å². The highest BCUT2D eigenvalue weighted by Crippen LogP contribution is 2.31. The van der Waals surface area contributed by atoms with E-state index in [1.54, 1.807) is 47.4 Å². The van der Waals surface area contributed by atoms with Crippen molar-refractivity contribution in [3.05, 3.63) is 119 Å². The van der Waals surface area contributed by atoms with Crippen LogP contribution in [0.2, 0.25) is 0 Å². The van der Waals surface area contributed by atoms with Gasteiger partial charge < -0.3 is 35.7 Å². The zero-order valence-electron chi connectivity index (χ0n) is 30.0.